The molecule has 3 aromatic rings. The molecule has 1 aromatic heterocycles. The first kappa shape index (κ1) is 17.7. The van der Waals surface area contributed by atoms with Crippen LogP contribution < -0.4 is 20.6 Å². The maximum absolute atomic E-state index is 13.0. The molecule has 0 radical (unpaired) electrons. The van der Waals surface area contributed by atoms with Gasteiger partial charge in [-0.1, -0.05) is 28.8 Å². The number of ether oxygens (including phenoxy) is 2. The maximum atomic E-state index is 13.0. The summed E-state index contributed by atoms with van der Waals surface area (Å²) < 4.78 is 24.1. The van der Waals surface area contributed by atoms with Gasteiger partial charge in [-0.25, -0.2) is 4.39 Å². The fraction of sp³-hybridized carbons (Fsp3) is 0.188. The highest BCUT2D eigenvalue weighted by molar-refractivity contribution is 6.32. The lowest BCUT2D eigenvalue weighted by atomic mass is 10.2. The minimum absolute atomic E-state index is 0.141. The maximum Gasteiger partial charge on any atom is 0.260 e. The van der Waals surface area contributed by atoms with E-state index in [0.29, 0.717) is 23.1 Å². The third-order valence-electron chi connectivity index (χ3n) is 3.51. The highest BCUT2D eigenvalue weighted by Crippen LogP contribution is 2.37. The van der Waals surface area contributed by atoms with E-state index in [4.69, 9.17) is 26.8 Å². The van der Waals surface area contributed by atoms with Crippen molar-refractivity contribution in [2.75, 3.05) is 18.3 Å². The van der Waals surface area contributed by atoms with Gasteiger partial charge in [0.1, 0.15) is 12.4 Å². The molecule has 0 aliphatic heterocycles. The second-order valence-electron chi connectivity index (χ2n) is 5.31. The summed E-state index contributed by atoms with van der Waals surface area (Å²) in [6.45, 7) is 0.596. The number of benzene rings is 2. The van der Waals surface area contributed by atoms with E-state index in [0.717, 1.165) is 11.1 Å². The van der Waals surface area contributed by atoms with Crippen molar-refractivity contribution in [2.45, 2.75) is 13.2 Å². The molecule has 0 amide bonds. The Morgan fingerprint density at radius 3 is 2.65 bits per heavy atom. The molecule has 0 saturated heterocycles. The Morgan fingerprint density at radius 1 is 1.23 bits per heavy atom. The molecule has 0 atom stereocenters. The lowest BCUT2D eigenvalue weighted by Crippen LogP contribution is -2.18. The van der Waals surface area contributed by atoms with Crippen LogP contribution >= 0.6 is 11.6 Å². The Balaban J connectivity index is 1.72. The van der Waals surface area contributed by atoms with Crippen LogP contribution in [0.2, 0.25) is 5.02 Å². The quantitative estimate of drug-likeness (QED) is 0.651. The molecule has 136 valence electrons. The zero-order valence-electron chi connectivity index (χ0n) is 13.8. The minimum atomic E-state index is -0.301. The standard InChI is InChI=1S/C16H16ClFN6O2/c1-25-14-7-11(8-20-24-16(19)21-22-23-24)6-13(17)15(14)26-9-10-2-4-12(18)5-3-10/h2-7,20H,8-9H2,1H3,(H2,19,21,23). The van der Waals surface area contributed by atoms with E-state index in [1.165, 1.54) is 24.0 Å². The number of tetrazole rings is 1. The summed E-state index contributed by atoms with van der Waals surface area (Å²) >= 11 is 6.33. The van der Waals surface area contributed by atoms with Crippen LogP contribution in [0.15, 0.2) is 36.4 Å². The fourth-order valence-electron chi connectivity index (χ4n) is 2.22. The Morgan fingerprint density at radius 2 is 2.00 bits per heavy atom. The number of halogens is 2. The Labute approximate surface area is 153 Å². The average Bonchev–Trinajstić information content (AvgIpc) is 3.05. The van der Waals surface area contributed by atoms with Crippen molar-refractivity contribution in [2.24, 2.45) is 0 Å². The van der Waals surface area contributed by atoms with Crippen molar-refractivity contribution < 1.29 is 13.9 Å². The van der Waals surface area contributed by atoms with E-state index >= 15 is 0 Å². The Kier molecular flexibility index (Phi) is 5.37. The molecule has 0 unspecified atom stereocenters. The monoisotopic (exact) mass is 378 g/mol. The highest BCUT2D eigenvalue weighted by atomic mass is 35.5. The molecule has 8 nitrogen and oxygen atoms in total. The van der Waals surface area contributed by atoms with Crippen LogP contribution in [0, 0.1) is 5.82 Å². The van der Waals surface area contributed by atoms with Gasteiger partial charge in [-0.2, -0.15) is 0 Å². The summed E-state index contributed by atoms with van der Waals surface area (Å²) in [6, 6.07) is 9.54. The lowest BCUT2D eigenvalue weighted by Gasteiger charge is -2.15. The third kappa shape index (κ3) is 4.12. The second-order valence-corrected chi connectivity index (χ2v) is 5.72. The van der Waals surface area contributed by atoms with Crippen molar-refractivity contribution in [1.29, 1.82) is 0 Å². The van der Waals surface area contributed by atoms with Gasteiger partial charge in [0.2, 0.25) is 0 Å². The molecule has 10 heteroatoms. The Bertz CT molecular complexity index is 887. The predicted octanol–water partition coefficient (Wildman–Crippen LogP) is 2.38. The van der Waals surface area contributed by atoms with Gasteiger partial charge in [-0.3, -0.25) is 0 Å². The van der Waals surface area contributed by atoms with Crippen molar-refractivity contribution >= 4 is 17.5 Å². The minimum Gasteiger partial charge on any atom is -0.493 e. The second kappa shape index (κ2) is 7.87. The molecule has 0 spiro atoms. The van der Waals surface area contributed by atoms with Gasteiger partial charge >= 0.3 is 0 Å². The number of rotatable bonds is 7. The van der Waals surface area contributed by atoms with Gasteiger partial charge in [0.25, 0.3) is 5.95 Å². The van der Waals surface area contributed by atoms with Gasteiger partial charge in [0.05, 0.1) is 18.7 Å². The van der Waals surface area contributed by atoms with Crippen LogP contribution in [-0.4, -0.2) is 27.4 Å². The molecule has 3 rings (SSSR count). The van der Waals surface area contributed by atoms with Crippen LogP contribution in [0.5, 0.6) is 11.5 Å². The number of nitrogens with one attached hydrogen (secondary N) is 1. The number of nitrogen functional groups attached to an aromatic ring is 1. The summed E-state index contributed by atoms with van der Waals surface area (Å²) in [5, 5.41) is 11.1. The van der Waals surface area contributed by atoms with Crippen molar-refractivity contribution in [3.8, 4) is 11.5 Å². The largest absolute Gasteiger partial charge is 0.493 e. The zero-order chi connectivity index (χ0) is 18.5. The number of aromatic nitrogens is 4. The fourth-order valence-corrected chi connectivity index (χ4v) is 2.51. The number of nitrogens with two attached hydrogens (primary N) is 1. The van der Waals surface area contributed by atoms with Crippen molar-refractivity contribution in [3.63, 3.8) is 0 Å². The van der Waals surface area contributed by atoms with E-state index in [-0.39, 0.29) is 18.4 Å². The smallest absolute Gasteiger partial charge is 0.260 e. The van der Waals surface area contributed by atoms with Gasteiger partial charge < -0.3 is 20.6 Å². The molecular weight excluding hydrogens is 363 g/mol. The van der Waals surface area contributed by atoms with E-state index in [1.807, 2.05) is 0 Å². The molecule has 0 aliphatic rings. The number of hydrogen-bond acceptors (Lipinski definition) is 7. The third-order valence-corrected chi connectivity index (χ3v) is 3.79. The SMILES string of the molecule is COc1cc(CNn2nnnc2N)cc(Cl)c1OCc1ccc(F)cc1. The number of hydrogen-bond donors (Lipinski definition) is 2. The number of nitrogens with zero attached hydrogens (tertiary/aromatic N) is 4. The van der Waals surface area contributed by atoms with E-state index in [9.17, 15) is 4.39 Å². The van der Waals surface area contributed by atoms with Gasteiger partial charge in [-0.15, -0.1) is 4.79 Å². The van der Waals surface area contributed by atoms with Crippen LogP contribution in [0.1, 0.15) is 11.1 Å². The van der Waals surface area contributed by atoms with Gasteiger partial charge in [-0.05, 0) is 45.8 Å². The molecule has 26 heavy (non-hydrogen) atoms. The summed E-state index contributed by atoms with van der Waals surface area (Å²) in [4.78, 5) is 1.25. The van der Waals surface area contributed by atoms with Crippen LogP contribution in [0.3, 0.4) is 0 Å². The van der Waals surface area contributed by atoms with E-state index in [1.54, 1.807) is 24.3 Å². The van der Waals surface area contributed by atoms with Crippen molar-refractivity contribution in [1.82, 2.24) is 20.3 Å². The first-order valence-corrected chi connectivity index (χ1v) is 7.96. The van der Waals surface area contributed by atoms with Crippen molar-refractivity contribution in [3.05, 3.63) is 58.4 Å². The zero-order valence-corrected chi connectivity index (χ0v) is 14.6. The van der Waals surface area contributed by atoms with Gasteiger partial charge in [0.15, 0.2) is 11.5 Å². The highest BCUT2D eigenvalue weighted by Gasteiger charge is 2.13. The van der Waals surface area contributed by atoms with Crippen LogP contribution in [-0.2, 0) is 13.2 Å². The molecular formula is C16H16ClFN6O2. The number of methoxy groups -OCH3 is 1. The summed E-state index contributed by atoms with van der Waals surface area (Å²) in [5.74, 6) is 0.719. The summed E-state index contributed by atoms with van der Waals surface area (Å²) in [7, 11) is 1.52. The molecule has 0 saturated carbocycles. The molecule has 0 aliphatic carbocycles. The Hall–Kier alpha value is -3.07. The van der Waals surface area contributed by atoms with Crippen LogP contribution in [0.25, 0.3) is 0 Å². The predicted molar refractivity (Wildman–Crippen MR) is 94.0 cm³/mol. The molecule has 1 heterocycles. The van der Waals surface area contributed by atoms with Crippen LogP contribution in [0.4, 0.5) is 10.3 Å². The first-order valence-electron chi connectivity index (χ1n) is 7.58. The summed E-state index contributed by atoms with van der Waals surface area (Å²) in [6.07, 6.45) is 0. The topological polar surface area (TPSA) is 100 Å². The summed E-state index contributed by atoms with van der Waals surface area (Å²) in [5.41, 5.74) is 10.1. The normalized spacial score (nSPS) is 10.6. The average molecular weight is 379 g/mol. The molecule has 2 aromatic carbocycles. The first-order chi connectivity index (χ1) is 12.6. The van der Waals surface area contributed by atoms with E-state index in [2.05, 4.69) is 21.0 Å². The molecule has 0 bridgehead atoms. The molecule has 0 fully saturated rings. The van der Waals surface area contributed by atoms with Gasteiger partial charge in [0, 0.05) is 0 Å². The molecule has 3 N–H and O–H groups in total. The number of anilines is 1. The lowest BCUT2D eigenvalue weighted by molar-refractivity contribution is 0.284. The van der Waals surface area contributed by atoms with E-state index < -0.39 is 0 Å².